The molecule has 2 rings (SSSR count). The second kappa shape index (κ2) is 9.06. The van der Waals surface area contributed by atoms with Gasteiger partial charge in [0.05, 0.1) is 14.2 Å². The topological polar surface area (TPSA) is 52.6 Å². The van der Waals surface area contributed by atoms with Crippen molar-refractivity contribution in [2.24, 2.45) is 0 Å². The van der Waals surface area contributed by atoms with Gasteiger partial charge in [0, 0.05) is 16.1 Å². The highest BCUT2D eigenvalue weighted by atomic mass is 79.9. The largest absolute Gasteiger partial charge is 0.468 e. The van der Waals surface area contributed by atoms with Gasteiger partial charge in [0.15, 0.2) is 0 Å². The van der Waals surface area contributed by atoms with Gasteiger partial charge in [-0.1, -0.05) is 76.2 Å². The number of hydrogen-bond acceptors (Lipinski definition) is 5. The van der Waals surface area contributed by atoms with Crippen LogP contribution in [0.3, 0.4) is 0 Å². The maximum atomic E-state index is 12.6. The third kappa shape index (κ3) is 4.64. The van der Waals surface area contributed by atoms with Gasteiger partial charge in [-0.15, -0.1) is 0 Å². The Labute approximate surface area is 160 Å². The van der Waals surface area contributed by atoms with Gasteiger partial charge in [-0.3, -0.25) is 0 Å². The van der Waals surface area contributed by atoms with E-state index in [2.05, 4.69) is 15.9 Å². The fourth-order valence-electron chi connectivity index (χ4n) is 2.43. The van der Waals surface area contributed by atoms with Gasteiger partial charge in [0.1, 0.15) is 0 Å². The first-order valence-electron chi connectivity index (χ1n) is 7.63. The molecule has 2 aromatic carbocycles. The van der Waals surface area contributed by atoms with Gasteiger partial charge in [-0.25, -0.2) is 9.59 Å². The van der Waals surface area contributed by atoms with Crippen LogP contribution < -0.4 is 0 Å². The highest BCUT2D eigenvalue weighted by molar-refractivity contribution is 9.09. The van der Waals surface area contributed by atoms with E-state index in [1.165, 1.54) is 14.2 Å². The van der Waals surface area contributed by atoms with Gasteiger partial charge < -0.3 is 9.47 Å². The van der Waals surface area contributed by atoms with Gasteiger partial charge in [-0.2, -0.15) is 0 Å². The lowest BCUT2D eigenvalue weighted by atomic mass is 9.98. The summed E-state index contributed by atoms with van der Waals surface area (Å²) in [6.07, 6.45) is 0.190. The zero-order valence-corrected chi connectivity index (χ0v) is 16.4. The van der Waals surface area contributed by atoms with Crippen molar-refractivity contribution in [2.45, 2.75) is 20.9 Å². The second-order valence-corrected chi connectivity index (χ2v) is 7.79. The molecule has 0 bridgehead atoms. The van der Waals surface area contributed by atoms with E-state index >= 15 is 0 Å². The summed E-state index contributed by atoms with van der Waals surface area (Å²) in [6, 6.07) is 18.9. The zero-order chi connectivity index (χ0) is 18.3. The fraction of sp³-hybridized carbons (Fsp3) is 0.263. The zero-order valence-electron chi connectivity index (χ0n) is 14.0. The van der Waals surface area contributed by atoms with Crippen molar-refractivity contribution in [3.05, 3.63) is 66.2 Å². The van der Waals surface area contributed by atoms with Crippen LogP contribution in [0.2, 0.25) is 0 Å². The summed E-state index contributed by atoms with van der Waals surface area (Å²) in [4.78, 5) is 25.8. The predicted molar refractivity (Wildman–Crippen MR) is 102 cm³/mol. The average Bonchev–Trinajstić information content (AvgIpc) is 2.67. The number of carbonyl (C=O) groups excluding carboxylic acids is 2. The molecular weight excluding hydrogens is 404 g/mol. The Morgan fingerprint density at radius 1 is 0.960 bits per heavy atom. The lowest BCUT2D eigenvalue weighted by Gasteiger charge is -2.29. The van der Waals surface area contributed by atoms with Crippen molar-refractivity contribution in [2.75, 3.05) is 14.2 Å². The number of halogens is 1. The molecule has 0 spiro atoms. The molecule has 0 amide bonds. The number of carbonyl (C=O) groups is 2. The molecule has 6 heteroatoms. The van der Waals surface area contributed by atoms with E-state index < -0.39 is 16.7 Å². The maximum absolute atomic E-state index is 12.6. The lowest BCUT2D eigenvalue weighted by Crippen LogP contribution is -2.46. The fourth-order valence-corrected chi connectivity index (χ4v) is 4.71. The number of benzene rings is 2. The standard InChI is InChI=1S/C19H19BrO4S/c1-23-17(21)19(18(22)24-2,25-15-11-7-4-8-12-15)13-16(20)14-9-5-3-6-10-14/h3-12,16H,13H2,1-2H3. The minimum absolute atomic E-state index is 0.190. The van der Waals surface area contributed by atoms with E-state index in [4.69, 9.17) is 9.47 Å². The molecule has 25 heavy (non-hydrogen) atoms. The number of thioether (sulfide) groups is 1. The summed E-state index contributed by atoms with van der Waals surface area (Å²) in [5.74, 6) is -1.26. The monoisotopic (exact) mass is 422 g/mol. The van der Waals surface area contributed by atoms with Crippen LogP contribution in [0.5, 0.6) is 0 Å². The number of ether oxygens (including phenoxy) is 2. The Morgan fingerprint density at radius 3 is 1.92 bits per heavy atom. The van der Waals surface area contributed by atoms with E-state index in [-0.39, 0.29) is 11.2 Å². The van der Waals surface area contributed by atoms with Crippen molar-refractivity contribution in [1.82, 2.24) is 0 Å². The first kappa shape index (κ1) is 19.5. The number of alkyl halides is 1. The molecule has 4 nitrogen and oxygen atoms in total. The first-order chi connectivity index (χ1) is 12.0. The molecule has 0 heterocycles. The molecular formula is C19H19BrO4S. The van der Waals surface area contributed by atoms with Crippen LogP contribution in [-0.4, -0.2) is 30.9 Å². The maximum Gasteiger partial charge on any atom is 0.333 e. The summed E-state index contributed by atoms with van der Waals surface area (Å²) >= 11 is 4.75. The Balaban J connectivity index is 2.42. The molecule has 0 fully saturated rings. The van der Waals surface area contributed by atoms with Crippen molar-refractivity contribution in [3.63, 3.8) is 0 Å². The van der Waals surface area contributed by atoms with Crippen LogP contribution in [0.1, 0.15) is 16.8 Å². The van der Waals surface area contributed by atoms with E-state index in [9.17, 15) is 9.59 Å². The van der Waals surface area contributed by atoms with Crippen LogP contribution in [0.4, 0.5) is 0 Å². The minimum atomic E-state index is -1.51. The van der Waals surface area contributed by atoms with Crippen LogP contribution in [0.15, 0.2) is 65.6 Å². The van der Waals surface area contributed by atoms with Crippen LogP contribution in [0, 0.1) is 0 Å². The van der Waals surface area contributed by atoms with Crippen molar-refractivity contribution >= 4 is 39.6 Å². The van der Waals surface area contributed by atoms with Gasteiger partial charge in [0.25, 0.3) is 0 Å². The molecule has 1 atom stereocenters. The molecule has 0 saturated heterocycles. The number of methoxy groups -OCH3 is 2. The molecule has 0 aliphatic heterocycles. The number of hydrogen-bond donors (Lipinski definition) is 0. The average molecular weight is 423 g/mol. The van der Waals surface area contributed by atoms with Gasteiger partial charge >= 0.3 is 11.9 Å². The molecule has 132 valence electrons. The van der Waals surface area contributed by atoms with E-state index in [1.54, 1.807) is 0 Å². The predicted octanol–water partition coefficient (Wildman–Crippen LogP) is 4.39. The summed E-state index contributed by atoms with van der Waals surface area (Å²) in [5.41, 5.74) is 0.966. The highest BCUT2D eigenvalue weighted by Crippen LogP contribution is 2.44. The summed E-state index contributed by atoms with van der Waals surface area (Å²) in [6.45, 7) is 0. The first-order valence-corrected chi connectivity index (χ1v) is 9.36. The third-order valence-electron chi connectivity index (χ3n) is 3.69. The number of rotatable bonds is 7. The van der Waals surface area contributed by atoms with E-state index in [0.29, 0.717) is 0 Å². The van der Waals surface area contributed by atoms with Crippen LogP contribution in [-0.2, 0) is 19.1 Å². The normalized spacial score (nSPS) is 12.3. The Bertz CT molecular complexity index is 690. The molecule has 1 unspecified atom stereocenters. The smallest absolute Gasteiger partial charge is 0.333 e. The quantitative estimate of drug-likeness (QED) is 0.286. The van der Waals surface area contributed by atoms with Gasteiger partial charge in [-0.05, 0) is 17.7 Å². The van der Waals surface area contributed by atoms with E-state index in [0.717, 1.165) is 22.2 Å². The Hall–Kier alpha value is -1.79. The van der Waals surface area contributed by atoms with Gasteiger partial charge in [0.2, 0.25) is 4.75 Å². The summed E-state index contributed by atoms with van der Waals surface area (Å²) in [7, 11) is 2.55. The molecule has 0 aromatic heterocycles. The second-order valence-electron chi connectivity index (χ2n) is 5.31. The summed E-state index contributed by atoms with van der Waals surface area (Å²) < 4.78 is 8.43. The molecule has 0 saturated carbocycles. The highest BCUT2D eigenvalue weighted by Gasteiger charge is 2.51. The molecule has 0 radical (unpaired) electrons. The third-order valence-corrected chi connectivity index (χ3v) is 5.90. The van der Waals surface area contributed by atoms with Crippen molar-refractivity contribution < 1.29 is 19.1 Å². The van der Waals surface area contributed by atoms with E-state index in [1.807, 2.05) is 60.7 Å². The van der Waals surface area contributed by atoms with Crippen molar-refractivity contribution in [3.8, 4) is 0 Å². The Morgan fingerprint density at radius 2 is 1.44 bits per heavy atom. The molecule has 2 aromatic rings. The SMILES string of the molecule is COC(=O)C(CC(Br)c1ccccc1)(Sc1ccccc1)C(=O)OC. The van der Waals surface area contributed by atoms with Crippen LogP contribution in [0.25, 0.3) is 0 Å². The molecule has 0 N–H and O–H groups in total. The Kier molecular flexibility index (Phi) is 7.08. The lowest BCUT2D eigenvalue weighted by molar-refractivity contribution is -0.156. The molecule has 0 aliphatic rings. The van der Waals surface area contributed by atoms with Crippen LogP contribution >= 0.6 is 27.7 Å². The molecule has 0 aliphatic carbocycles. The minimum Gasteiger partial charge on any atom is -0.468 e. The van der Waals surface area contributed by atoms with Crippen molar-refractivity contribution in [1.29, 1.82) is 0 Å². The summed E-state index contributed by atoms with van der Waals surface area (Å²) in [5, 5.41) is 0. The number of esters is 2.